The molecule has 0 radical (unpaired) electrons. The standard InChI is InChI=1S/C24H18ClNO/c25-20-15-13-18(14-16-20)21-10-4-5-11-22(21)24(27,19-8-2-1-3-9-19)23-12-6-7-17-26-23/h1-17,27H. The SMILES string of the molecule is OC(c1ccccc1)(c1ccccn1)c1ccccc1-c1ccc(Cl)cc1. The van der Waals surface area contributed by atoms with Gasteiger partial charge in [0, 0.05) is 16.8 Å². The Kier molecular flexibility index (Phi) is 4.76. The molecule has 1 heterocycles. The smallest absolute Gasteiger partial charge is 0.157 e. The van der Waals surface area contributed by atoms with Crippen molar-refractivity contribution in [1.82, 2.24) is 4.98 Å². The molecule has 27 heavy (non-hydrogen) atoms. The highest BCUT2D eigenvalue weighted by Crippen LogP contribution is 2.40. The Morgan fingerprint density at radius 2 is 1.37 bits per heavy atom. The fourth-order valence-electron chi connectivity index (χ4n) is 3.38. The minimum Gasteiger partial charge on any atom is -0.374 e. The van der Waals surface area contributed by atoms with Crippen LogP contribution in [0.1, 0.15) is 16.8 Å². The molecule has 4 aromatic rings. The van der Waals surface area contributed by atoms with Crippen molar-refractivity contribution in [2.75, 3.05) is 0 Å². The van der Waals surface area contributed by atoms with Gasteiger partial charge in [0.2, 0.25) is 0 Å². The molecule has 3 aromatic carbocycles. The van der Waals surface area contributed by atoms with Gasteiger partial charge in [0.15, 0.2) is 5.60 Å². The largest absolute Gasteiger partial charge is 0.374 e. The average Bonchev–Trinajstić information content (AvgIpc) is 2.75. The minimum absolute atomic E-state index is 0.581. The summed E-state index contributed by atoms with van der Waals surface area (Å²) in [6.07, 6.45) is 1.70. The molecule has 1 unspecified atom stereocenters. The van der Waals surface area contributed by atoms with Crippen LogP contribution < -0.4 is 0 Å². The van der Waals surface area contributed by atoms with E-state index < -0.39 is 5.60 Å². The molecule has 4 rings (SSSR count). The van der Waals surface area contributed by atoms with Crippen molar-refractivity contribution in [2.45, 2.75) is 5.60 Å². The second kappa shape index (κ2) is 7.36. The lowest BCUT2D eigenvalue weighted by Crippen LogP contribution is -2.30. The highest BCUT2D eigenvalue weighted by molar-refractivity contribution is 6.30. The predicted octanol–water partition coefficient (Wildman–Crippen LogP) is 5.69. The monoisotopic (exact) mass is 371 g/mol. The van der Waals surface area contributed by atoms with E-state index in [1.165, 1.54) is 0 Å². The van der Waals surface area contributed by atoms with Crippen LogP contribution in [0.15, 0.2) is 103 Å². The van der Waals surface area contributed by atoms with Crippen LogP contribution in [0, 0.1) is 0 Å². The van der Waals surface area contributed by atoms with E-state index in [-0.39, 0.29) is 0 Å². The van der Waals surface area contributed by atoms with Crippen molar-refractivity contribution in [1.29, 1.82) is 0 Å². The zero-order chi connectivity index (χ0) is 18.7. The first kappa shape index (κ1) is 17.5. The lowest BCUT2D eigenvalue weighted by atomic mass is 9.79. The number of hydrogen-bond acceptors (Lipinski definition) is 2. The van der Waals surface area contributed by atoms with Gasteiger partial charge < -0.3 is 5.11 Å². The predicted molar refractivity (Wildman–Crippen MR) is 110 cm³/mol. The second-order valence-corrected chi connectivity index (χ2v) is 6.78. The molecular formula is C24H18ClNO. The summed E-state index contributed by atoms with van der Waals surface area (Å²) < 4.78 is 0. The molecule has 0 amide bonds. The quantitative estimate of drug-likeness (QED) is 0.500. The summed E-state index contributed by atoms with van der Waals surface area (Å²) in [6, 6.07) is 30.7. The Bertz CT molecular complexity index is 991. The number of pyridine rings is 1. The highest BCUT2D eigenvalue weighted by Gasteiger charge is 2.37. The fraction of sp³-hybridized carbons (Fsp3) is 0.0417. The fourth-order valence-corrected chi connectivity index (χ4v) is 3.50. The molecule has 1 N–H and O–H groups in total. The van der Waals surface area contributed by atoms with E-state index >= 15 is 0 Å². The van der Waals surface area contributed by atoms with Crippen LogP contribution in [0.5, 0.6) is 0 Å². The van der Waals surface area contributed by atoms with E-state index in [1.807, 2.05) is 97.1 Å². The number of nitrogens with zero attached hydrogens (tertiary/aromatic N) is 1. The Morgan fingerprint density at radius 1 is 0.704 bits per heavy atom. The molecule has 0 saturated heterocycles. The number of benzene rings is 3. The van der Waals surface area contributed by atoms with Crippen molar-refractivity contribution in [3.63, 3.8) is 0 Å². The van der Waals surface area contributed by atoms with E-state index in [0.717, 1.165) is 22.3 Å². The maximum atomic E-state index is 12.0. The molecule has 0 fully saturated rings. The first-order valence-corrected chi connectivity index (χ1v) is 9.12. The number of rotatable bonds is 4. The van der Waals surface area contributed by atoms with Gasteiger partial charge in [-0.1, -0.05) is 84.4 Å². The van der Waals surface area contributed by atoms with Gasteiger partial charge in [0.1, 0.15) is 0 Å². The Hall–Kier alpha value is -2.94. The summed E-state index contributed by atoms with van der Waals surface area (Å²) in [4.78, 5) is 4.48. The summed E-state index contributed by atoms with van der Waals surface area (Å²) in [5.41, 5.74) is 2.67. The Balaban J connectivity index is 1.99. The summed E-state index contributed by atoms with van der Waals surface area (Å²) in [6.45, 7) is 0. The van der Waals surface area contributed by atoms with Crippen molar-refractivity contribution in [3.8, 4) is 11.1 Å². The minimum atomic E-state index is -1.38. The van der Waals surface area contributed by atoms with Crippen molar-refractivity contribution in [2.24, 2.45) is 0 Å². The first-order chi connectivity index (χ1) is 13.2. The summed E-state index contributed by atoms with van der Waals surface area (Å²) in [5, 5.41) is 12.7. The summed E-state index contributed by atoms with van der Waals surface area (Å²) in [7, 11) is 0. The van der Waals surface area contributed by atoms with Crippen LogP contribution in [0.2, 0.25) is 5.02 Å². The summed E-state index contributed by atoms with van der Waals surface area (Å²) >= 11 is 6.06. The molecule has 3 heteroatoms. The topological polar surface area (TPSA) is 33.1 Å². The van der Waals surface area contributed by atoms with Gasteiger partial charge in [-0.05, 0) is 41.0 Å². The number of aliphatic hydroxyl groups is 1. The molecule has 1 atom stereocenters. The van der Waals surface area contributed by atoms with E-state index in [2.05, 4.69) is 4.98 Å². The molecule has 0 aliphatic rings. The molecule has 132 valence electrons. The first-order valence-electron chi connectivity index (χ1n) is 8.74. The van der Waals surface area contributed by atoms with Crippen LogP contribution >= 0.6 is 11.6 Å². The zero-order valence-electron chi connectivity index (χ0n) is 14.6. The van der Waals surface area contributed by atoms with Crippen molar-refractivity contribution in [3.05, 3.63) is 125 Å². The highest BCUT2D eigenvalue weighted by atomic mass is 35.5. The van der Waals surface area contributed by atoms with Gasteiger partial charge in [-0.3, -0.25) is 4.98 Å². The van der Waals surface area contributed by atoms with E-state index in [1.54, 1.807) is 6.20 Å². The Labute approximate surface area is 163 Å². The maximum Gasteiger partial charge on any atom is 0.157 e. The molecule has 0 aliphatic carbocycles. The van der Waals surface area contributed by atoms with Gasteiger partial charge in [-0.25, -0.2) is 0 Å². The third kappa shape index (κ3) is 3.25. The molecule has 0 bridgehead atoms. The molecule has 0 saturated carbocycles. The van der Waals surface area contributed by atoms with E-state index in [9.17, 15) is 5.11 Å². The molecule has 0 aliphatic heterocycles. The normalized spacial score (nSPS) is 13.1. The van der Waals surface area contributed by atoms with Gasteiger partial charge in [-0.15, -0.1) is 0 Å². The summed E-state index contributed by atoms with van der Waals surface area (Å²) in [5.74, 6) is 0. The van der Waals surface area contributed by atoms with Gasteiger partial charge in [0.05, 0.1) is 5.69 Å². The van der Waals surface area contributed by atoms with Crippen LogP contribution in [-0.4, -0.2) is 10.1 Å². The number of aromatic nitrogens is 1. The zero-order valence-corrected chi connectivity index (χ0v) is 15.3. The van der Waals surface area contributed by atoms with Crippen LogP contribution in [-0.2, 0) is 5.60 Å². The van der Waals surface area contributed by atoms with E-state index in [0.29, 0.717) is 10.7 Å². The third-order valence-corrected chi connectivity index (χ3v) is 4.95. The van der Waals surface area contributed by atoms with Crippen LogP contribution in [0.4, 0.5) is 0 Å². The van der Waals surface area contributed by atoms with Crippen molar-refractivity contribution >= 4 is 11.6 Å². The van der Waals surface area contributed by atoms with Gasteiger partial charge in [-0.2, -0.15) is 0 Å². The van der Waals surface area contributed by atoms with Gasteiger partial charge >= 0.3 is 0 Å². The lowest BCUT2D eigenvalue weighted by Gasteiger charge is -2.31. The van der Waals surface area contributed by atoms with Gasteiger partial charge in [0.25, 0.3) is 0 Å². The Morgan fingerprint density at radius 3 is 2.07 bits per heavy atom. The third-order valence-electron chi connectivity index (χ3n) is 4.70. The molecule has 1 aromatic heterocycles. The average molecular weight is 372 g/mol. The maximum absolute atomic E-state index is 12.0. The molecule has 2 nitrogen and oxygen atoms in total. The molecular weight excluding hydrogens is 354 g/mol. The second-order valence-electron chi connectivity index (χ2n) is 6.34. The molecule has 0 spiro atoms. The number of halogens is 1. The number of hydrogen-bond donors (Lipinski definition) is 1. The van der Waals surface area contributed by atoms with Crippen LogP contribution in [0.25, 0.3) is 11.1 Å². The van der Waals surface area contributed by atoms with E-state index in [4.69, 9.17) is 11.6 Å². The van der Waals surface area contributed by atoms with Crippen molar-refractivity contribution < 1.29 is 5.11 Å². The van der Waals surface area contributed by atoms with Crippen LogP contribution in [0.3, 0.4) is 0 Å². The lowest BCUT2D eigenvalue weighted by molar-refractivity contribution is 0.121.